The van der Waals surface area contributed by atoms with Gasteiger partial charge >= 0.3 is 0 Å². The van der Waals surface area contributed by atoms with Crippen LogP contribution < -0.4 is 5.32 Å². The molecule has 108 valence electrons. The predicted octanol–water partition coefficient (Wildman–Crippen LogP) is 2.35. The maximum Gasteiger partial charge on any atom is 0.224 e. The van der Waals surface area contributed by atoms with E-state index in [9.17, 15) is 9.18 Å². The standard InChI is InChI=1S/C16H16FN3O/c17-13-5-1-11(2-6-13)7-16(21)18-9-14-8-15(12-3-4-12)20-10-19-14/h1-2,5-6,8,10,12H,3-4,7,9H2,(H,18,21). The minimum atomic E-state index is -0.298. The van der Waals surface area contributed by atoms with Crippen LogP contribution in [0.5, 0.6) is 0 Å². The first kappa shape index (κ1) is 13.7. The number of halogens is 1. The molecule has 1 saturated carbocycles. The quantitative estimate of drug-likeness (QED) is 0.917. The monoisotopic (exact) mass is 285 g/mol. The van der Waals surface area contributed by atoms with Gasteiger partial charge in [0.25, 0.3) is 0 Å². The summed E-state index contributed by atoms with van der Waals surface area (Å²) in [6.45, 7) is 0.391. The van der Waals surface area contributed by atoms with Gasteiger partial charge in [-0.2, -0.15) is 0 Å². The van der Waals surface area contributed by atoms with Crippen LogP contribution in [0.15, 0.2) is 36.7 Å². The molecule has 1 fully saturated rings. The molecule has 0 spiro atoms. The number of carbonyl (C=O) groups excluding carboxylic acids is 1. The lowest BCUT2D eigenvalue weighted by Gasteiger charge is -2.06. The van der Waals surface area contributed by atoms with Crippen molar-refractivity contribution in [3.8, 4) is 0 Å². The lowest BCUT2D eigenvalue weighted by molar-refractivity contribution is -0.120. The summed E-state index contributed by atoms with van der Waals surface area (Å²) in [7, 11) is 0. The van der Waals surface area contributed by atoms with Gasteiger partial charge in [0.1, 0.15) is 12.1 Å². The normalized spacial score (nSPS) is 14.0. The Kier molecular flexibility index (Phi) is 3.90. The number of nitrogens with one attached hydrogen (secondary N) is 1. The molecule has 1 aliphatic rings. The Bertz CT molecular complexity index is 638. The Morgan fingerprint density at radius 1 is 1.24 bits per heavy atom. The molecule has 0 radical (unpaired) electrons. The Labute approximate surface area is 122 Å². The van der Waals surface area contributed by atoms with Crippen molar-refractivity contribution in [2.45, 2.75) is 31.7 Å². The van der Waals surface area contributed by atoms with Crippen molar-refractivity contribution in [1.82, 2.24) is 15.3 Å². The summed E-state index contributed by atoms with van der Waals surface area (Å²) < 4.78 is 12.8. The third kappa shape index (κ3) is 3.84. The Balaban J connectivity index is 1.53. The number of hydrogen-bond donors (Lipinski definition) is 1. The van der Waals surface area contributed by atoms with E-state index in [2.05, 4.69) is 15.3 Å². The first-order valence-corrected chi connectivity index (χ1v) is 7.02. The molecule has 1 aromatic heterocycles. The van der Waals surface area contributed by atoms with Crippen molar-refractivity contribution in [2.75, 3.05) is 0 Å². The molecule has 4 nitrogen and oxygen atoms in total. The molecule has 0 saturated heterocycles. The summed E-state index contributed by atoms with van der Waals surface area (Å²) in [5.41, 5.74) is 2.67. The molecule has 1 heterocycles. The Hall–Kier alpha value is -2.30. The lowest BCUT2D eigenvalue weighted by Crippen LogP contribution is -2.25. The molecule has 0 aliphatic heterocycles. The molecule has 21 heavy (non-hydrogen) atoms. The SMILES string of the molecule is O=C(Cc1ccc(F)cc1)NCc1cc(C2CC2)ncn1. The minimum absolute atomic E-state index is 0.104. The first-order chi connectivity index (χ1) is 10.2. The number of aromatic nitrogens is 2. The van der Waals surface area contributed by atoms with Gasteiger partial charge in [0.05, 0.1) is 18.7 Å². The first-order valence-electron chi connectivity index (χ1n) is 7.02. The highest BCUT2D eigenvalue weighted by Gasteiger charge is 2.25. The summed E-state index contributed by atoms with van der Waals surface area (Å²) in [6, 6.07) is 7.90. The highest BCUT2D eigenvalue weighted by Crippen LogP contribution is 2.38. The van der Waals surface area contributed by atoms with Crippen molar-refractivity contribution >= 4 is 5.91 Å². The zero-order valence-electron chi connectivity index (χ0n) is 11.6. The number of amides is 1. The molecule has 1 amide bonds. The Morgan fingerprint density at radius 3 is 2.71 bits per heavy atom. The van der Waals surface area contributed by atoms with E-state index in [1.54, 1.807) is 18.5 Å². The van der Waals surface area contributed by atoms with E-state index in [1.165, 1.54) is 25.0 Å². The predicted molar refractivity (Wildman–Crippen MR) is 76.0 cm³/mol. The molecule has 0 bridgehead atoms. The lowest BCUT2D eigenvalue weighted by atomic mass is 10.1. The van der Waals surface area contributed by atoms with Crippen LogP contribution in [-0.2, 0) is 17.8 Å². The van der Waals surface area contributed by atoms with E-state index >= 15 is 0 Å². The number of hydrogen-bond acceptors (Lipinski definition) is 3. The van der Waals surface area contributed by atoms with Crippen LogP contribution in [-0.4, -0.2) is 15.9 Å². The average molecular weight is 285 g/mol. The summed E-state index contributed by atoms with van der Waals surface area (Å²) in [6.07, 6.45) is 4.16. The smallest absolute Gasteiger partial charge is 0.224 e. The topological polar surface area (TPSA) is 54.9 Å². The molecule has 5 heteroatoms. The number of nitrogens with zero attached hydrogens (tertiary/aromatic N) is 2. The van der Waals surface area contributed by atoms with Crippen LogP contribution in [0.25, 0.3) is 0 Å². The zero-order chi connectivity index (χ0) is 14.7. The van der Waals surface area contributed by atoms with E-state index in [-0.39, 0.29) is 18.1 Å². The second kappa shape index (κ2) is 5.99. The zero-order valence-corrected chi connectivity index (χ0v) is 11.6. The largest absolute Gasteiger partial charge is 0.350 e. The van der Waals surface area contributed by atoms with Crippen LogP contribution in [0.3, 0.4) is 0 Å². The van der Waals surface area contributed by atoms with Gasteiger partial charge < -0.3 is 5.32 Å². The van der Waals surface area contributed by atoms with Crippen molar-refractivity contribution in [3.05, 3.63) is 59.4 Å². The van der Waals surface area contributed by atoms with E-state index in [4.69, 9.17) is 0 Å². The highest BCUT2D eigenvalue weighted by atomic mass is 19.1. The molecule has 1 aliphatic carbocycles. The third-order valence-corrected chi connectivity index (χ3v) is 3.49. The van der Waals surface area contributed by atoms with Crippen molar-refractivity contribution < 1.29 is 9.18 Å². The second-order valence-electron chi connectivity index (χ2n) is 5.29. The van der Waals surface area contributed by atoms with Crippen LogP contribution in [0.4, 0.5) is 4.39 Å². The molecule has 3 rings (SSSR count). The summed E-state index contributed by atoms with van der Waals surface area (Å²) >= 11 is 0. The minimum Gasteiger partial charge on any atom is -0.350 e. The summed E-state index contributed by atoms with van der Waals surface area (Å²) in [5.74, 6) is 0.169. The maximum absolute atomic E-state index is 12.8. The number of benzene rings is 1. The van der Waals surface area contributed by atoms with E-state index in [0.717, 1.165) is 17.0 Å². The van der Waals surface area contributed by atoms with Gasteiger partial charge in [-0.25, -0.2) is 14.4 Å². The van der Waals surface area contributed by atoms with Crippen molar-refractivity contribution in [1.29, 1.82) is 0 Å². The van der Waals surface area contributed by atoms with Gasteiger partial charge in [-0.3, -0.25) is 4.79 Å². The summed E-state index contributed by atoms with van der Waals surface area (Å²) in [5, 5.41) is 2.83. The molecule has 1 N–H and O–H groups in total. The van der Waals surface area contributed by atoms with Crippen LogP contribution >= 0.6 is 0 Å². The number of carbonyl (C=O) groups is 1. The molecular weight excluding hydrogens is 269 g/mol. The maximum atomic E-state index is 12.8. The van der Waals surface area contributed by atoms with Gasteiger partial charge in [0.15, 0.2) is 0 Å². The van der Waals surface area contributed by atoms with Crippen molar-refractivity contribution in [3.63, 3.8) is 0 Å². The van der Waals surface area contributed by atoms with E-state index < -0.39 is 0 Å². The molecule has 1 aromatic carbocycles. The Morgan fingerprint density at radius 2 is 2.00 bits per heavy atom. The highest BCUT2D eigenvalue weighted by molar-refractivity contribution is 5.78. The third-order valence-electron chi connectivity index (χ3n) is 3.49. The fraction of sp³-hybridized carbons (Fsp3) is 0.312. The van der Waals surface area contributed by atoms with Gasteiger partial charge in [-0.05, 0) is 36.6 Å². The van der Waals surface area contributed by atoms with Gasteiger partial charge in [-0.15, -0.1) is 0 Å². The van der Waals surface area contributed by atoms with Crippen LogP contribution in [0, 0.1) is 5.82 Å². The molecule has 0 atom stereocenters. The fourth-order valence-corrected chi connectivity index (χ4v) is 2.15. The van der Waals surface area contributed by atoms with E-state index in [0.29, 0.717) is 12.5 Å². The van der Waals surface area contributed by atoms with Gasteiger partial charge in [-0.1, -0.05) is 12.1 Å². The van der Waals surface area contributed by atoms with Crippen molar-refractivity contribution in [2.24, 2.45) is 0 Å². The molecular formula is C16H16FN3O. The molecule has 0 unspecified atom stereocenters. The van der Waals surface area contributed by atoms with Gasteiger partial charge in [0.2, 0.25) is 5.91 Å². The fourth-order valence-electron chi connectivity index (χ4n) is 2.15. The van der Waals surface area contributed by atoms with Gasteiger partial charge in [0, 0.05) is 11.6 Å². The molecule has 2 aromatic rings. The number of rotatable bonds is 5. The second-order valence-corrected chi connectivity index (χ2v) is 5.29. The average Bonchev–Trinajstić information content (AvgIpc) is 3.33. The van der Waals surface area contributed by atoms with Crippen LogP contribution in [0.2, 0.25) is 0 Å². The van der Waals surface area contributed by atoms with E-state index in [1.807, 2.05) is 6.07 Å². The van der Waals surface area contributed by atoms with Crippen LogP contribution in [0.1, 0.15) is 35.7 Å². The summed E-state index contributed by atoms with van der Waals surface area (Å²) in [4.78, 5) is 20.3.